The predicted octanol–water partition coefficient (Wildman–Crippen LogP) is 4.50. The molecule has 9 heteroatoms. The van der Waals surface area contributed by atoms with Gasteiger partial charge in [0.05, 0.1) is 7.11 Å². The minimum atomic E-state index is 0.326. The molecule has 8 nitrogen and oxygen atoms in total. The molecule has 1 fully saturated rings. The second-order valence-corrected chi connectivity index (χ2v) is 8.49. The van der Waals surface area contributed by atoms with Crippen LogP contribution in [0.3, 0.4) is 0 Å². The average molecular weight is 507 g/mol. The molecule has 2 N–H and O–H groups in total. The van der Waals surface area contributed by atoms with Crippen LogP contribution in [0.2, 0.25) is 0 Å². The van der Waals surface area contributed by atoms with Gasteiger partial charge in [0.25, 0.3) is 0 Å². The molecule has 0 bridgehead atoms. The fraction of sp³-hybridized carbons (Fsp3) is 0.208. The van der Waals surface area contributed by atoms with E-state index in [2.05, 4.69) is 52.8 Å². The number of nitrogen functional groups attached to an aromatic ring is 1. The fourth-order valence-corrected chi connectivity index (χ4v) is 4.42. The van der Waals surface area contributed by atoms with Crippen LogP contribution in [0.1, 0.15) is 0 Å². The van der Waals surface area contributed by atoms with Crippen LogP contribution in [0.4, 0.5) is 17.2 Å². The van der Waals surface area contributed by atoms with Crippen molar-refractivity contribution in [2.45, 2.75) is 0 Å². The average Bonchev–Trinajstić information content (AvgIpc) is 2.87. The Bertz CT molecular complexity index is 1280. The standard InChI is InChI=1S/C24H23BrN6O2/c1-32-17-6-4-16(5-7-17)30-11-13-31(14-12-30)23-21(26)24(29-15-28-23)33-20-9-8-19(25)18-3-2-10-27-22(18)20/h2-10,15H,11-14,26H2,1H3. The van der Waals surface area contributed by atoms with Gasteiger partial charge in [-0.1, -0.05) is 22.0 Å². The van der Waals surface area contributed by atoms with E-state index >= 15 is 0 Å². The van der Waals surface area contributed by atoms with E-state index in [0.29, 0.717) is 23.1 Å². The van der Waals surface area contributed by atoms with Crippen molar-refractivity contribution in [3.63, 3.8) is 0 Å². The number of anilines is 3. The lowest BCUT2D eigenvalue weighted by Gasteiger charge is -2.37. The molecule has 1 aliphatic heterocycles. The van der Waals surface area contributed by atoms with E-state index in [9.17, 15) is 0 Å². The number of piperazine rings is 1. The summed E-state index contributed by atoms with van der Waals surface area (Å²) in [4.78, 5) is 17.7. The minimum absolute atomic E-state index is 0.326. The molecule has 0 aliphatic carbocycles. The Morgan fingerprint density at radius 3 is 2.42 bits per heavy atom. The Hall–Kier alpha value is -3.59. The second-order valence-electron chi connectivity index (χ2n) is 7.64. The van der Waals surface area contributed by atoms with Gasteiger partial charge in [-0.15, -0.1) is 0 Å². The van der Waals surface area contributed by atoms with Crippen LogP contribution in [-0.4, -0.2) is 48.2 Å². The molecule has 2 aromatic carbocycles. The Morgan fingerprint density at radius 2 is 1.67 bits per heavy atom. The number of nitrogens with zero attached hydrogens (tertiary/aromatic N) is 5. The third kappa shape index (κ3) is 4.23. The van der Waals surface area contributed by atoms with E-state index < -0.39 is 0 Å². The number of halogens is 1. The van der Waals surface area contributed by atoms with E-state index in [1.54, 1.807) is 13.3 Å². The van der Waals surface area contributed by atoms with Crippen LogP contribution in [0, 0.1) is 0 Å². The van der Waals surface area contributed by atoms with Gasteiger partial charge >= 0.3 is 0 Å². The van der Waals surface area contributed by atoms with Crippen LogP contribution in [0.25, 0.3) is 10.9 Å². The summed E-state index contributed by atoms with van der Waals surface area (Å²) in [5.41, 5.74) is 8.79. The molecule has 4 aromatic rings. The number of hydrogen-bond donors (Lipinski definition) is 1. The number of rotatable bonds is 5. The van der Waals surface area contributed by atoms with Crippen LogP contribution >= 0.6 is 15.9 Å². The van der Waals surface area contributed by atoms with E-state index in [0.717, 1.165) is 47.3 Å². The summed E-state index contributed by atoms with van der Waals surface area (Å²) in [5, 5.41) is 0.956. The highest BCUT2D eigenvalue weighted by atomic mass is 79.9. The number of hydrogen-bond acceptors (Lipinski definition) is 8. The van der Waals surface area contributed by atoms with Crippen molar-refractivity contribution in [1.82, 2.24) is 15.0 Å². The monoisotopic (exact) mass is 506 g/mol. The maximum Gasteiger partial charge on any atom is 0.248 e. The molecule has 168 valence electrons. The minimum Gasteiger partial charge on any atom is -0.497 e. The SMILES string of the molecule is COc1ccc(N2CCN(c3ncnc(Oc4ccc(Br)c5cccnc45)c3N)CC2)cc1. The highest BCUT2D eigenvalue weighted by Crippen LogP contribution is 2.36. The first-order chi connectivity index (χ1) is 16.1. The first kappa shape index (κ1) is 21.3. The molecule has 0 atom stereocenters. The van der Waals surface area contributed by atoms with Crippen molar-refractivity contribution >= 4 is 44.0 Å². The third-order valence-corrected chi connectivity index (χ3v) is 6.42. The molecule has 0 amide bonds. The molecule has 0 saturated carbocycles. The molecule has 2 aromatic heterocycles. The molecule has 3 heterocycles. The summed E-state index contributed by atoms with van der Waals surface area (Å²) in [6.07, 6.45) is 3.23. The summed E-state index contributed by atoms with van der Waals surface area (Å²) in [5.74, 6) is 2.46. The number of ether oxygens (including phenoxy) is 2. The van der Waals surface area contributed by atoms with Gasteiger partial charge in [0, 0.05) is 47.9 Å². The maximum absolute atomic E-state index is 6.46. The van der Waals surface area contributed by atoms with Crippen molar-refractivity contribution < 1.29 is 9.47 Å². The highest BCUT2D eigenvalue weighted by molar-refractivity contribution is 9.10. The summed E-state index contributed by atoms with van der Waals surface area (Å²) in [6, 6.07) is 15.8. The predicted molar refractivity (Wildman–Crippen MR) is 133 cm³/mol. The Kier molecular flexibility index (Phi) is 5.87. The molecule has 33 heavy (non-hydrogen) atoms. The van der Waals surface area contributed by atoms with E-state index in [1.807, 2.05) is 36.4 Å². The lowest BCUT2D eigenvalue weighted by Crippen LogP contribution is -2.47. The summed E-state index contributed by atoms with van der Waals surface area (Å²) in [7, 11) is 1.67. The van der Waals surface area contributed by atoms with Gasteiger partial charge in [0.1, 0.15) is 23.3 Å². The van der Waals surface area contributed by atoms with Gasteiger partial charge in [-0.2, -0.15) is 4.98 Å². The zero-order valence-electron chi connectivity index (χ0n) is 18.1. The lowest BCUT2D eigenvalue weighted by molar-refractivity contribution is 0.415. The topological polar surface area (TPSA) is 89.6 Å². The Labute approximate surface area is 200 Å². The zero-order valence-corrected chi connectivity index (χ0v) is 19.7. The number of pyridine rings is 1. The third-order valence-electron chi connectivity index (χ3n) is 5.73. The quantitative estimate of drug-likeness (QED) is 0.423. The number of nitrogens with two attached hydrogens (primary N) is 1. The highest BCUT2D eigenvalue weighted by Gasteiger charge is 2.22. The molecule has 0 radical (unpaired) electrons. The van der Waals surface area contributed by atoms with Crippen molar-refractivity contribution in [1.29, 1.82) is 0 Å². The Balaban J connectivity index is 1.34. The number of fused-ring (bicyclic) bond motifs is 1. The van der Waals surface area contributed by atoms with Crippen LogP contribution in [0.15, 0.2) is 65.5 Å². The first-order valence-electron chi connectivity index (χ1n) is 10.6. The zero-order chi connectivity index (χ0) is 22.8. The second kappa shape index (κ2) is 9.11. The molecule has 0 unspecified atom stereocenters. The summed E-state index contributed by atoms with van der Waals surface area (Å²) in [6.45, 7) is 3.28. The van der Waals surface area contributed by atoms with E-state index in [-0.39, 0.29) is 0 Å². The molecule has 1 saturated heterocycles. The summed E-state index contributed by atoms with van der Waals surface area (Å²) >= 11 is 3.56. The van der Waals surface area contributed by atoms with Crippen molar-refractivity contribution in [3.05, 3.63) is 65.5 Å². The molecule has 0 spiro atoms. The molecular weight excluding hydrogens is 484 g/mol. The van der Waals surface area contributed by atoms with Gasteiger partial charge in [0.15, 0.2) is 11.6 Å². The first-order valence-corrected chi connectivity index (χ1v) is 11.4. The molecule has 1 aliphatic rings. The Morgan fingerprint density at radius 1 is 0.909 bits per heavy atom. The van der Waals surface area contributed by atoms with Gasteiger partial charge in [-0.05, 0) is 42.5 Å². The number of aromatic nitrogens is 3. The van der Waals surface area contributed by atoms with Gasteiger partial charge in [0.2, 0.25) is 5.88 Å². The molecular formula is C24H23BrN6O2. The fourth-order valence-electron chi connectivity index (χ4n) is 3.97. The van der Waals surface area contributed by atoms with Crippen molar-refractivity contribution in [2.75, 3.05) is 48.8 Å². The molecule has 5 rings (SSSR count). The van der Waals surface area contributed by atoms with Crippen molar-refractivity contribution in [2.24, 2.45) is 0 Å². The number of benzene rings is 2. The van der Waals surface area contributed by atoms with Gasteiger partial charge in [-0.25, -0.2) is 4.98 Å². The van der Waals surface area contributed by atoms with Crippen LogP contribution in [-0.2, 0) is 0 Å². The summed E-state index contributed by atoms with van der Waals surface area (Å²) < 4.78 is 12.3. The van der Waals surface area contributed by atoms with E-state index in [1.165, 1.54) is 12.0 Å². The number of methoxy groups -OCH3 is 1. The lowest BCUT2D eigenvalue weighted by atomic mass is 10.2. The van der Waals surface area contributed by atoms with E-state index in [4.69, 9.17) is 15.2 Å². The maximum atomic E-state index is 6.46. The van der Waals surface area contributed by atoms with Crippen LogP contribution in [0.5, 0.6) is 17.4 Å². The smallest absolute Gasteiger partial charge is 0.248 e. The largest absolute Gasteiger partial charge is 0.497 e. The van der Waals surface area contributed by atoms with Crippen LogP contribution < -0.4 is 25.0 Å². The normalized spacial score (nSPS) is 13.9. The van der Waals surface area contributed by atoms with Gasteiger partial charge in [-0.3, -0.25) is 4.98 Å². The van der Waals surface area contributed by atoms with Gasteiger partial charge < -0.3 is 25.0 Å². The van der Waals surface area contributed by atoms with Crippen molar-refractivity contribution in [3.8, 4) is 17.4 Å².